The normalized spacial score (nSPS) is 14.0. The Morgan fingerprint density at radius 1 is 1.00 bits per heavy atom. The van der Waals surface area contributed by atoms with Gasteiger partial charge < -0.3 is 0 Å². The quantitative estimate of drug-likeness (QED) is 0.542. The minimum Gasteiger partial charge on any atom is -0.0918 e. The van der Waals surface area contributed by atoms with Gasteiger partial charge >= 0.3 is 0 Å². The lowest BCUT2D eigenvalue weighted by Gasteiger charge is -2.32. The van der Waals surface area contributed by atoms with E-state index in [0.29, 0.717) is 10.0 Å². The molecule has 0 nitrogen and oxygen atoms in total. The van der Waals surface area contributed by atoms with E-state index in [1.807, 2.05) is 18.2 Å². The highest BCUT2D eigenvalue weighted by atomic mass is 79.9. The largest absolute Gasteiger partial charge is 0.0918 e. The van der Waals surface area contributed by atoms with E-state index in [0.717, 1.165) is 23.7 Å². The standard InChI is InChI=1S/C17H17BrCl2/c1-2-17(12-18,14-8-4-3-5-9-14)11-13-7-6-10-15(19)16(13)20/h3-10H,2,11-12H2,1H3. The molecule has 0 saturated carbocycles. The Morgan fingerprint density at radius 3 is 2.30 bits per heavy atom. The second-order valence-corrected chi connectivity index (χ2v) is 6.37. The summed E-state index contributed by atoms with van der Waals surface area (Å²) in [6.45, 7) is 2.21. The summed E-state index contributed by atoms with van der Waals surface area (Å²) in [6.07, 6.45) is 1.91. The highest BCUT2D eigenvalue weighted by Gasteiger charge is 2.30. The van der Waals surface area contributed by atoms with Gasteiger partial charge in [0.15, 0.2) is 0 Å². The van der Waals surface area contributed by atoms with Crippen LogP contribution in [0.3, 0.4) is 0 Å². The van der Waals surface area contributed by atoms with Crippen molar-refractivity contribution in [3.63, 3.8) is 0 Å². The first-order chi connectivity index (χ1) is 9.63. The molecule has 20 heavy (non-hydrogen) atoms. The van der Waals surface area contributed by atoms with Crippen LogP contribution < -0.4 is 0 Å². The van der Waals surface area contributed by atoms with E-state index in [1.165, 1.54) is 5.56 Å². The number of rotatable bonds is 5. The molecule has 1 unspecified atom stereocenters. The first-order valence-corrected chi connectivity index (χ1v) is 8.55. The van der Waals surface area contributed by atoms with E-state index < -0.39 is 0 Å². The van der Waals surface area contributed by atoms with Crippen LogP contribution in [0.1, 0.15) is 24.5 Å². The minimum atomic E-state index is 0.0373. The van der Waals surface area contributed by atoms with Crippen LogP contribution in [0.4, 0.5) is 0 Å². The van der Waals surface area contributed by atoms with Gasteiger partial charge in [0.05, 0.1) is 10.0 Å². The van der Waals surface area contributed by atoms with Gasteiger partial charge in [-0.15, -0.1) is 0 Å². The van der Waals surface area contributed by atoms with Gasteiger partial charge in [-0.1, -0.05) is 88.5 Å². The van der Waals surface area contributed by atoms with Crippen molar-refractivity contribution >= 4 is 39.1 Å². The molecule has 0 bridgehead atoms. The van der Waals surface area contributed by atoms with Crippen molar-refractivity contribution in [2.24, 2.45) is 0 Å². The topological polar surface area (TPSA) is 0 Å². The first kappa shape index (κ1) is 15.9. The van der Waals surface area contributed by atoms with Gasteiger partial charge in [0.1, 0.15) is 0 Å². The molecule has 2 aromatic carbocycles. The molecule has 0 aliphatic carbocycles. The average Bonchev–Trinajstić information content (AvgIpc) is 2.50. The molecule has 0 spiro atoms. The van der Waals surface area contributed by atoms with Crippen molar-refractivity contribution < 1.29 is 0 Å². The van der Waals surface area contributed by atoms with E-state index >= 15 is 0 Å². The molecule has 0 radical (unpaired) electrons. The second-order valence-electron chi connectivity index (χ2n) is 5.02. The first-order valence-electron chi connectivity index (χ1n) is 6.67. The van der Waals surface area contributed by atoms with Gasteiger partial charge in [-0.3, -0.25) is 0 Å². The van der Waals surface area contributed by atoms with Gasteiger partial charge in [-0.2, -0.15) is 0 Å². The summed E-state index contributed by atoms with van der Waals surface area (Å²) in [6, 6.07) is 16.4. The van der Waals surface area contributed by atoms with E-state index in [-0.39, 0.29) is 5.41 Å². The molecule has 0 N–H and O–H groups in total. The Kier molecular flexibility index (Phi) is 5.54. The monoisotopic (exact) mass is 370 g/mol. The predicted molar refractivity (Wildman–Crippen MR) is 92.4 cm³/mol. The summed E-state index contributed by atoms with van der Waals surface area (Å²) >= 11 is 16.2. The lowest BCUT2D eigenvalue weighted by molar-refractivity contribution is 0.464. The van der Waals surface area contributed by atoms with E-state index in [4.69, 9.17) is 23.2 Å². The van der Waals surface area contributed by atoms with E-state index in [1.54, 1.807) is 0 Å². The van der Waals surface area contributed by atoms with Gasteiger partial charge in [0.2, 0.25) is 0 Å². The van der Waals surface area contributed by atoms with Crippen LogP contribution >= 0.6 is 39.1 Å². The molecule has 0 aromatic heterocycles. The van der Waals surface area contributed by atoms with E-state index in [9.17, 15) is 0 Å². The molecule has 0 aliphatic rings. The fourth-order valence-corrected chi connectivity index (χ4v) is 3.80. The maximum atomic E-state index is 6.35. The summed E-state index contributed by atoms with van der Waals surface area (Å²) in [7, 11) is 0. The van der Waals surface area contributed by atoms with E-state index in [2.05, 4.69) is 53.2 Å². The zero-order valence-corrected chi connectivity index (χ0v) is 14.5. The van der Waals surface area contributed by atoms with Gasteiger partial charge in [0, 0.05) is 10.7 Å². The third-order valence-corrected chi connectivity index (χ3v) is 5.81. The molecule has 106 valence electrons. The smallest absolute Gasteiger partial charge is 0.0624 e. The van der Waals surface area contributed by atoms with Gasteiger partial charge in [-0.05, 0) is 30.0 Å². The highest BCUT2D eigenvalue weighted by molar-refractivity contribution is 9.09. The lowest BCUT2D eigenvalue weighted by atomic mass is 9.75. The molecule has 3 heteroatoms. The predicted octanol–water partition coefficient (Wildman–Crippen LogP) is 6.28. The van der Waals surface area contributed by atoms with Crippen LogP contribution in [0.25, 0.3) is 0 Å². The molecule has 0 heterocycles. The summed E-state index contributed by atoms with van der Waals surface area (Å²) in [4.78, 5) is 0. The Labute approximate surface area is 139 Å². The zero-order valence-electron chi connectivity index (χ0n) is 11.4. The average molecular weight is 372 g/mol. The van der Waals surface area contributed by atoms with Crippen molar-refractivity contribution in [2.45, 2.75) is 25.2 Å². The molecule has 2 rings (SSSR count). The van der Waals surface area contributed by atoms with Gasteiger partial charge in [0.25, 0.3) is 0 Å². The van der Waals surface area contributed by atoms with Crippen molar-refractivity contribution in [3.05, 3.63) is 69.7 Å². The Hall–Kier alpha value is -0.500. The highest BCUT2D eigenvalue weighted by Crippen LogP contribution is 2.37. The number of alkyl halides is 1. The summed E-state index contributed by atoms with van der Waals surface area (Å²) in [5.41, 5.74) is 2.47. The molecular weight excluding hydrogens is 355 g/mol. The number of benzene rings is 2. The van der Waals surface area contributed by atoms with Crippen molar-refractivity contribution in [2.75, 3.05) is 5.33 Å². The van der Waals surface area contributed by atoms with Crippen LogP contribution in [-0.4, -0.2) is 5.33 Å². The van der Waals surface area contributed by atoms with Crippen molar-refractivity contribution in [1.82, 2.24) is 0 Å². The molecule has 1 atom stereocenters. The third-order valence-electron chi connectivity index (χ3n) is 3.88. The molecule has 0 aliphatic heterocycles. The van der Waals surface area contributed by atoms with Gasteiger partial charge in [-0.25, -0.2) is 0 Å². The lowest BCUT2D eigenvalue weighted by Crippen LogP contribution is -2.30. The molecule has 0 fully saturated rings. The number of hydrogen-bond acceptors (Lipinski definition) is 0. The third kappa shape index (κ3) is 3.21. The molecule has 0 saturated heterocycles. The van der Waals surface area contributed by atoms with Crippen LogP contribution in [0.5, 0.6) is 0 Å². The number of hydrogen-bond donors (Lipinski definition) is 0. The molecule has 0 amide bonds. The molecular formula is C17H17BrCl2. The summed E-state index contributed by atoms with van der Waals surface area (Å²) in [5.74, 6) is 0. The fraction of sp³-hybridized carbons (Fsp3) is 0.294. The van der Waals surface area contributed by atoms with Crippen LogP contribution in [0, 0.1) is 0 Å². The Morgan fingerprint density at radius 2 is 1.70 bits per heavy atom. The molecule has 2 aromatic rings. The fourth-order valence-electron chi connectivity index (χ4n) is 2.49. The Balaban J connectivity index is 2.42. The summed E-state index contributed by atoms with van der Waals surface area (Å²) < 4.78 is 0. The maximum absolute atomic E-state index is 6.35. The number of halogens is 3. The van der Waals surface area contributed by atoms with Crippen molar-refractivity contribution in [1.29, 1.82) is 0 Å². The minimum absolute atomic E-state index is 0.0373. The second kappa shape index (κ2) is 6.98. The van der Waals surface area contributed by atoms with Crippen LogP contribution in [0.15, 0.2) is 48.5 Å². The summed E-state index contributed by atoms with van der Waals surface area (Å²) in [5, 5.41) is 2.18. The SMILES string of the molecule is CCC(CBr)(Cc1cccc(Cl)c1Cl)c1ccccc1. The van der Waals surface area contributed by atoms with Crippen LogP contribution in [0.2, 0.25) is 10.0 Å². The zero-order chi connectivity index (χ0) is 14.6. The van der Waals surface area contributed by atoms with Crippen molar-refractivity contribution in [3.8, 4) is 0 Å². The van der Waals surface area contributed by atoms with Crippen LogP contribution in [-0.2, 0) is 11.8 Å². The maximum Gasteiger partial charge on any atom is 0.0624 e. The Bertz CT molecular complexity index is 562.